The fourth-order valence-electron chi connectivity index (χ4n) is 1.57. The molecular weight excluding hydrogens is 248 g/mol. The van der Waals surface area contributed by atoms with Crippen molar-refractivity contribution in [2.24, 2.45) is 0 Å². The predicted octanol–water partition coefficient (Wildman–Crippen LogP) is 2.13. The summed E-state index contributed by atoms with van der Waals surface area (Å²) < 4.78 is 0. The van der Waals surface area contributed by atoms with Gasteiger partial charge in [0.15, 0.2) is 0 Å². The van der Waals surface area contributed by atoms with Crippen LogP contribution in [-0.2, 0) is 17.8 Å². The number of hydrogen-bond donors (Lipinski definition) is 2. The highest BCUT2D eigenvalue weighted by Crippen LogP contribution is 2.13. The Kier molecular flexibility index (Phi) is 4.07. The van der Waals surface area contributed by atoms with E-state index in [0.717, 1.165) is 11.3 Å². The number of carbonyl (C=O) groups is 1. The molecule has 0 aliphatic rings. The number of rotatable bonds is 4. The Morgan fingerprint density at radius 2 is 2.33 bits per heavy atom. The van der Waals surface area contributed by atoms with Crippen LogP contribution in [0.3, 0.4) is 0 Å². The fraction of sp³-hybridized carbons (Fsp3) is 0.231. The summed E-state index contributed by atoms with van der Waals surface area (Å²) in [5.74, 6) is -0.0977. The largest absolute Gasteiger partial charge is 0.390 e. The van der Waals surface area contributed by atoms with Crippen molar-refractivity contribution >= 4 is 22.9 Å². The van der Waals surface area contributed by atoms with E-state index in [1.807, 2.05) is 31.2 Å². The summed E-state index contributed by atoms with van der Waals surface area (Å²) in [7, 11) is 0. The monoisotopic (exact) mass is 262 g/mol. The molecule has 0 saturated carbocycles. The van der Waals surface area contributed by atoms with Gasteiger partial charge in [0.2, 0.25) is 5.91 Å². The lowest BCUT2D eigenvalue weighted by molar-refractivity contribution is -0.115. The molecule has 1 aromatic carbocycles. The molecule has 0 atom stereocenters. The van der Waals surface area contributed by atoms with Crippen LogP contribution in [0.5, 0.6) is 0 Å². The van der Waals surface area contributed by atoms with Crippen molar-refractivity contribution < 1.29 is 9.90 Å². The lowest BCUT2D eigenvalue weighted by Gasteiger charge is -2.04. The van der Waals surface area contributed by atoms with Crippen LogP contribution in [-0.4, -0.2) is 16.0 Å². The van der Waals surface area contributed by atoms with Gasteiger partial charge in [0.1, 0.15) is 5.01 Å². The number of anilines is 1. The first-order valence-electron chi connectivity index (χ1n) is 5.58. The predicted molar refractivity (Wildman–Crippen MR) is 71.5 cm³/mol. The minimum Gasteiger partial charge on any atom is -0.390 e. The maximum absolute atomic E-state index is 11.8. The van der Waals surface area contributed by atoms with Crippen LogP contribution in [0.1, 0.15) is 16.3 Å². The number of aliphatic hydroxyl groups excluding tert-OH is 1. The quantitative estimate of drug-likeness (QED) is 0.887. The number of aliphatic hydroxyl groups is 1. The van der Waals surface area contributed by atoms with Gasteiger partial charge in [0, 0.05) is 11.1 Å². The van der Waals surface area contributed by atoms with Gasteiger partial charge >= 0.3 is 0 Å². The number of carbonyl (C=O) groups excluding carboxylic acids is 1. The van der Waals surface area contributed by atoms with Gasteiger partial charge in [0.05, 0.1) is 18.7 Å². The van der Waals surface area contributed by atoms with E-state index in [4.69, 9.17) is 5.11 Å². The maximum atomic E-state index is 11.8. The molecule has 0 bridgehead atoms. The van der Waals surface area contributed by atoms with E-state index in [9.17, 15) is 4.79 Å². The van der Waals surface area contributed by atoms with Crippen LogP contribution in [0, 0.1) is 6.92 Å². The molecule has 0 aliphatic carbocycles. The van der Waals surface area contributed by atoms with Gasteiger partial charge in [-0.25, -0.2) is 4.98 Å². The minimum absolute atomic E-state index is 0.0873. The van der Waals surface area contributed by atoms with Gasteiger partial charge < -0.3 is 10.4 Å². The zero-order chi connectivity index (χ0) is 13.0. The van der Waals surface area contributed by atoms with E-state index in [1.54, 1.807) is 5.38 Å². The number of nitrogens with zero attached hydrogens (tertiary/aromatic N) is 1. The summed E-state index contributed by atoms with van der Waals surface area (Å²) in [4.78, 5) is 15.9. The van der Waals surface area contributed by atoms with Gasteiger partial charge in [-0.15, -0.1) is 11.3 Å². The zero-order valence-corrected chi connectivity index (χ0v) is 10.8. The molecule has 2 aromatic rings. The Hall–Kier alpha value is -1.72. The van der Waals surface area contributed by atoms with Gasteiger partial charge in [-0.2, -0.15) is 0 Å². The first-order chi connectivity index (χ1) is 8.67. The Morgan fingerprint density at radius 1 is 1.50 bits per heavy atom. The van der Waals surface area contributed by atoms with E-state index in [1.165, 1.54) is 11.3 Å². The standard InChI is InChI=1S/C13H14N2O2S/c1-9-3-2-4-10(5-9)14-12(17)6-13-15-11(7-16)8-18-13/h2-5,8,16H,6-7H2,1H3,(H,14,17). The molecule has 0 fully saturated rings. The first-order valence-corrected chi connectivity index (χ1v) is 6.46. The fourth-order valence-corrected chi connectivity index (χ4v) is 2.35. The molecule has 5 heteroatoms. The number of aromatic nitrogens is 1. The smallest absolute Gasteiger partial charge is 0.231 e. The van der Waals surface area contributed by atoms with Gasteiger partial charge in [-0.05, 0) is 24.6 Å². The second-order valence-electron chi connectivity index (χ2n) is 3.99. The number of nitrogens with one attached hydrogen (secondary N) is 1. The van der Waals surface area contributed by atoms with Crippen LogP contribution in [0.2, 0.25) is 0 Å². The van der Waals surface area contributed by atoms with Crippen molar-refractivity contribution in [2.45, 2.75) is 20.0 Å². The number of aryl methyl sites for hydroxylation is 1. The Bertz CT molecular complexity index is 551. The Morgan fingerprint density at radius 3 is 3.00 bits per heavy atom. The minimum atomic E-state index is -0.0977. The van der Waals surface area contributed by atoms with E-state index in [0.29, 0.717) is 10.7 Å². The van der Waals surface area contributed by atoms with Crippen molar-refractivity contribution in [1.29, 1.82) is 0 Å². The molecule has 1 amide bonds. The Labute approximate surface area is 109 Å². The number of amides is 1. The van der Waals surface area contributed by atoms with Crippen molar-refractivity contribution in [2.75, 3.05) is 5.32 Å². The normalized spacial score (nSPS) is 10.3. The molecular formula is C13H14N2O2S. The topological polar surface area (TPSA) is 62.2 Å². The van der Waals surface area contributed by atoms with E-state index in [2.05, 4.69) is 10.3 Å². The highest BCUT2D eigenvalue weighted by atomic mass is 32.1. The van der Waals surface area contributed by atoms with Crippen LogP contribution in [0.15, 0.2) is 29.6 Å². The molecule has 0 unspecified atom stereocenters. The first kappa shape index (κ1) is 12.7. The molecule has 4 nitrogen and oxygen atoms in total. The lowest BCUT2D eigenvalue weighted by atomic mass is 10.2. The van der Waals surface area contributed by atoms with E-state index < -0.39 is 0 Å². The van der Waals surface area contributed by atoms with Crippen LogP contribution in [0.4, 0.5) is 5.69 Å². The molecule has 94 valence electrons. The second-order valence-corrected chi connectivity index (χ2v) is 4.93. The zero-order valence-electron chi connectivity index (χ0n) is 10.0. The average Bonchev–Trinajstić information content (AvgIpc) is 2.76. The summed E-state index contributed by atoms with van der Waals surface area (Å²) >= 11 is 1.38. The van der Waals surface area contributed by atoms with Crippen molar-refractivity contribution in [1.82, 2.24) is 4.98 Å². The molecule has 18 heavy (non-hydrogen) atoms. The summed E-state index contributed by atoms with van der Waals surface area (Å²) in [6, 6.07) is 7.65. The highest BCUT2D eigenvalue weighted by Gasteiger charge is 2.08. The summed E-state index contributed by atoms with van der Waals surface area (Å²) in [5.41, 5.74) is 2.50. The summed E-state index contributed by atoms with van der Waals surface area (Å²) in [6.07, 6.45) is 0.235. The van der Waals surface area contributed by atoms with E-state index in [-0.39, 0.29) is 18.9 Å². The lowest BCUT2D eigenvalue weighted by Crippen LogP contribution is -2.14. The SMILES string of the molecule is Cc1cccc(NC(=O)Cc2nc(CO)cs2)c1. The van der Waals surface area contributed by atoms with Crippen LogP contribution >= 0.6 is 11.3 Å². The highest BCUT2D eigenvalue weighted by molar-refractivity contribution is 7.09. The molecule has 1 heterocycles. The second kappa shape index (κ2) is 5.75. The Balaban J connectivity index is 1.96. The molecule has 2 N–H and O–H groups in total. The molecule has 0 spiro atoms. The summed E-state index contributed by atoms with van der Waals surface area (Å²) in [5, 5.41) is 14.2. The third-order valence-corrected chi connectivity index (χ3v) is 3.27. The van der Waals surface area contributed by atoms with Crippen LogP contribution < -0.4 is 5.32 Å². The number of thiazole rings is 1. The number of hydrogen-bond acceptors (Lipinski definition) is 4. The van der Waals surface area contributed by atoms with Crippen LogP contribution in [0.25, 0.3) is 0 Å². The molecule has 0 saturated heterocycles. The molecule has 2 rings (SSSR count). The van der Waals surface area contributed by atoms with Crippen molar-refractivity contribution in [3.63, 3.8) is 0 Å². The third-order valence-electron chi connectivity index (χ3n) is 2.37. The van der Waals surface area contributed by atoms with Crippen molar-refractivity contribution in [3.05, 3.63) is 45.9 Å². The number of benzene rings is 1. The van der Waals surface area contributed by atoms with Gasteiger partial charge in [0.25, 0.3) is 0 Å². The maximum Gasteiger partial charge on any atom is 0.231 e. The molecule has 0 aliphatic heterocycles. The molecule has 1 aromatic heterocycles. The molecule has 0 radical (unpaired) electrons. The summed E-state index contributed by atoms with van der Waals surface area (Å²) in [6.45, 7) is 1.89. The average molecular weight is 262 g/mol. The van der Waals surface area contributed by atoms with Gasteiger partial charge in [-0.3, -0.25) is 4.79 Å². The third kappa shape index (κ3) is 3.38. The van der Waals surface area contributed by atoms with Crippen molar-refractivity contribution in [3.8, 4) is 0 Å². The van der Waals surface area contributed by atoms with Gasteiger partial charge in [-0.1, -0.05) is 12.1 Å². The van der Waals surface area contributed by atoms with E-state index >= 15 is 0 Å².